The zero-order chi connectivity index (χ0) is 5.82. The highest BCUT2D eigenvalue weighted by Crippen LogP contribution is 2.11. The maximum atomic E-state index is 5.23. The van der Waals surface area contributed by atoms with Crippen molar-refractivity contribution < 1.29 is 9.47 Å². The summed E-state index contributed by atoms with van der Waals surface area (Å²) in [5, 5.41) is 0. The van der Waals surface area contributed by atoms with Crippen LogP contribution in [0.25, 0.3) is 0 Å². The fraction of sp³-hybridized carbons (Fsp3) is 0.833. The lowest BCUT2D eigenvalue weighted by molar-refractivity contribution is 0.0500. The van der Waals surface area contributed by atoms with Crippen LogP contribution in [-0.4, -0.2) is 19.3 Å². The first kappa shape index (κ1) is 6.05. The predicted molar refractivity (Wildman–Crippen MR) is 30.3 cm³/mol. The van der Waals surface area contributed by atoms with Crippen molar-refractivity contribution in [2.75, 3.05) is 13.2 Å². The van der Waals surface area contributed by atoms with Gasteiger partial charge in [0, 0.05) is 6.61 Å². The number of hydrogen-bond acceptors (Lipinski definition) is 2. The summed E-state index contributed by atoms with van der Waals surface area (Å²) >= 11 is 0. The van der Waals surface area contributed by atoms with E-state index in [9.17, 15) is 0 Å². The van der Waals surface area contributed by atoms with E-state index in [4.69, 9.17) is 4.74 Å². The van der Waals surface area contributed by atoms with Crippen molar-refractivity contribution in [2.24, 2.45) is 0 Å². The highest BCUT2D eigenvalue weighted by atomic mass is 16.5. The van der Waals surface area contributed by atoms with Gasteiger partial charge < -0.3 is 9.47 Å². The van der Waals surface area contributed by atoms with Gasteiger partial charge in [-0.15, -0.1) is 0 Å². The van der Waals surface area contributed by atoms with Crippen molar-refractivity contribution in [1.82, 2.24) is 0 Å². The summed E-state index contributed by atoms with van der Waals surface area (Å²) in [6.45, 7) is 1.55. The van der Waals surface area contributed by atoms with Crippen molar-refractivity contribution in [1.29, 1.82) is 0 Å². The van der Waals surface area contributed by atoms with Crippen LogP contribution >= 0.6 is 0 Å². The summed E-state index contributed by atoms with van der Waals surface area (Å²) in [5.41, 5.74) is 0. The second-order valence-electron chi connectivity index (χ2n) is 2.01. The minimum Gasteiger partial charge on any atom is -0.376 e. The molecule has 0 N–H and O–H groups in total. The standard InChI is InChI=1S/C6H11O2/c1-7-5-6-3-2-4-8-6/h6H,1-5H2. The van der Waals surface area contributed by atoms with Gasteiger partial charge in [-0.1, -0.05) is 0 Å². The molecule has 2 nitrogen and oxygen atoms in total. The Bertz CT molecular complexity index is 57.5. The molecule has 0 aliphatic carbocycles. The molecular formula is C6H11O2. The molecule has 0 aromatic heterocycles. The van der Waals surface area contributed by atoms with Crippen LogP contribution in [0.2, 0.25) is 0 Å². The molecule has 0 aromatic carbocycles. The molecule has 1 radical (unpaired) electrons. The SMILES string of the molecule is [CH2]OCC1CCCO1. The van der Waals surface area contributed by atoms with E-state index in [1.54, 1.807) is 0 Å². The van der Waals surface area contributed by atoms with Gasteiger partial charge >= 0.3 is 0 Å². The fourth-order valence-corrected chi connectivity index (χ4v) is 0.907. The molecule has 0 saturated carbocycles. The molecule has 0 amide bonds. The van der Waals surface area contributed by atoms with E-state index in [-0.39, 0.29) is 0 Å². The van der Waals surface area contributed by atoms with Gasteiger partial charge in [-0.25, -0.2) is 0 Å². The molecule has 1 rings (SSSR count). The zero-order valence-electron chi connectivity index (χ0n) is 4.93. The van der Waals surface area contributed by atoms with E-state index in [2.05, 4.69) is 11.8 Å². The largest absolute Gasteiger partial charge is 0.376 e. The Hall–Kier alpha value is -0.0800. The molecule has 1 aliphatic rings. The first-order valence-corrected chi connectivity index (χ1v) is 2.92. The number of rotatable bonds is 2. The van der Waals surface area contributed by atoms with E-state index in [1.807, 2.05) is 0 Å². The van der Waals surface area contributed by atoms with Gasteiger partial charge in [-0.05, 0) is 12.8 Å². The molecule has 0 bridgehead atoms. The second-order valence-corrected chi connectivity index (χ2v) is 2.01. The van der Waals surface area contributed by atoms with Crippen molar-refractivity contribution in [3.8, 4) is 0 Å². The van der Waals surface area contributed by atoms with E-state index in [0.717, 1.165) is 13.0 Å². The maximum absolute atomic E-state index is 5.23. The summed E-state index contributed by atoms with van der Waals surface area (Å²) in [6, 6.07) is 0. The van der Waals surface area contributed by atoms with Gasteiger partial charge in [0.1, 0.15) is 0 Å². The predicted octanol–water partition coefficient (Wildman–Crippen LogP) is 0.974. The molecule has 2 heteroatoms. The number of hydrogen-bond donors (Lipinski definition) is 0. The van der Waals surface area contributed by atoms with Crippen LogP contribution in [0.15, 0.2) is 0 Å². The summed E-state index contributed by atoms with van der Waals surface area (Å²) in [7, 11) is 3.27. The summed E-state index contributed by atoms with van der Waals surface area (Å²) in [5.74, 6) is 0. The third kappa shape index (κ3) is 1.46. The molecule has 1 unspecified atom stereocenters. The Kier molecular flexibility index (Phi) is 2.30. The summed E-state index contributed by atoms with van der Waals surface area (Å²) < 4.78 is 9.88. The second kappa shape index (κ2) is 3.05. The molecular weight excluding hydrogens is 104 g/mol. The van der Waals surface area contributed by atoms with Crippen LogP contribution in [0.5, 0.6) is 0 Å². The lowest BCUT2D eigenvalue weighted by Crippen LogP contribution is -2.11. The van der Waals surface area contributed by atoms with Crippen LogP contribution in [0.3, 0.4) is 0 Å². The molecule has 1 saturated heterocycles. The first-order valence-electron chi connectivity index (χ1n) is 2.92. The molecule has 8 heavy (non-hydrogen) atoms. The third-order valence-electron chi connectivity index (χ3n) is 1.33. The van der Waals surface area contributed by atoms with E-state index >= 15 is 0 Å². The lowest BCUT2D eigenvalue weighted by atomic mass is 10.2. The van der Waals surface area contributed by atoms with Crippen molar-refractivity contribution in [2.45, 2.75) is 18.9 Å². The average Bonchev–Trinajstić information content (AvgIpc) is 2.19. The van der Waals surface area contributed by atoms with Crippen molar-refractivity contribution >= 4 is 0 Å². The smallest absolute Gasteiger partial charge is 0.0809 e. The average molecular weight is 115 g/mol. The zero-order valence-corrected chi connectivity index (χ0v) is 4.93. The molecule has 1 atom stereocenters. The van der Waals surface area contributed by atoms with Gasteiger partial charge in [0.2, 0.25) is 0 Å². The monoisotopic (exact) mass is 115 g/mol. The molecule has 0 spiro atoms. The molecule has 0 aromatic rings. The van der Waals surface area contributed by atoms with Crippen LogP contribution in [0, 0.1) is 7.11 Å². The molecule has 1 fully saturated rings. The lowest BCUT2D eigenvalue weighted by Gasteiger charge is -2.04. The summed E-state index contributed by atoms with van der Waals surface area (Å²) in [4.78, 5) is 0. The maximum Gasteiger partial charge on any atom is 0.0809 e. The minimum absolute atomic E-state index is 0.326. The minimum atomic E-state index is 0.326. The van der Waals surface area contributed by atoms with Crippen molar-refractivity contribution in [3.05, 3.63) is 7.11 Å². The van der Waals surface area contributed by atoms with Gasteiger partial charge in [-0.2, -0.15) is 0 Å². The Morgan fingerprint density at radius 1 is 1.75 bits per heavy atom. The van der Waals surface area contributed by atoms with Gasteiger partial charge in [0.15, 0.2) is 0 Å². The van der Waals surface area contributed by atoms with E-state index in [1.165, 1.54) is 6.42 Å². The fourth-order valence-electron chi connectivity index (χ4n) is 0.907. The van der Waals surface area contributed by atoms with E-state index < -0.39 is 0 Å². The quantitative estimate of drug-likeness (QED) is 0.534. The highest BCUT2D eigenvalue weighted by Gasteiger charge is 2.13. The number of ether oxygens (including phenoxy) is 2. The third-order valence-corrected chi connectivity index (χ3v) is 1.33. The Labute approximate surface area is 49.8 Å². The Morgan fingerprint density at radius 2 is 2.62 bits per heavy atom. The van der Waals surface area contributed by atoms with Crippen LogP contribution in [0.4, 0.5) is 0 Å². The molecule has 1 aliphatic heterocycles. The molecule has 47 valence electrons. The normalized spacial score (nSPS) is 28.9. The van der Waals surface area contributed by atoms with Gasteiger partial charge in [0.05, 0.1) is 19.8 Å². The van der Waals surface area contributed by atoms with Crippen LogP contribution in [-0.2, 0) is 9.47 Å². The van der Waals surface area contributed by atoms with Crippen LogP contribution < -0.4 is 0 Å². The van der Waals surface area contributed by atoms with E-state index in [0.29, 0.717) is 12.7 Å². The van der Waals surface area contributed by atoms with Crippen LogP contribution in [0.1, 0.15) is 12.8 Å². The Morgan fingerprint density at radius 3 is 3.12 bits per heavy atom. The van der Waals surface area contributed by atoms with Gasteiger partial charge in [-0.3, -0.25) is 0 Å². The Balaban J connectivity index is 2.06. The first-order chi connectivity index (χ1) is 3.93. The summed E-state index contributed by atoms with van der Waals surface area (Å²) in [6.07, 6.45) is 2.64. The molecule has 1 heterocycles. The topological polar surface area (TPSA) is 18.5 Å². The van der Waals surface area contributed by atoms with Crippen molar-refractivity contribution in [3.63, 3.8) is 0 Å². The van der Waals surface area contributed by atoms with Gasteiger partial charge in [0.25, 0.3) is 0 Å². The highest BCUT2D eigenvalue weighted by molar-refractivity contribution is 4.62.